The van der Waals surface area contributed by atoms with Crippen LogP contribution in [-0.4, -0.2) is 52.7 Å². The molecule has 7 heteroatoms. The van der Waals surface area contributed by atoms with E-state index in [2.05, 4.69) is 5.32 Å². The molecule has 1 amide bonds. The molecule has 0 radical (unpaired) electrons. The van der Waals surface area contributed by atoms with Crippen LogP contribution in [0.2, 0.25) is 0 Å². The Morgan fingerprint density at radius 1 is 1.48 bits per heavy atom. The number of carbonyl (C=O) groups is 2. The van der Waals surface area contributed by atoms with Gasteiger partial charge in [0.05, 0.1) is 12.5 Å². The maximum Gasteiger partial charge on any atom is 0.306 e. The summed E-state index contributed by atoms with van der Waals surface area (Å²) in [6.45, 7) is 2.48. The number of likely N-dealkylation sites (tertiary alicyclic amines) is 1. The lowest BCUT2D eigenvalue weighted by Gasteiger charge is -2.29. The van der Waals surface area contributed by atoms with Crippen molar-refractivity contribution in [2.24, 2.45) is 5.92 Å². The fraction of sp³-hybridized carbons (Fsp3) is 0.643. The molecular weight excluding hydrogens is 274 g/mol. The molecule has 0 bridgehead atoms. The Morgan fingerprint density at radius 2 is 2.10 bits per heavy atom. The number of nitriles is 1. The minimum absolute atomic E-state index is 0.0318. The van der Waals surface area contributed by atoms with Crippen molar-refractivity contribution in [1.82, 2.24) is 10.2 Å². The van der Waals surface area contributed by atoms with Gasteiger partial charge in [-0.2, -0.15) is 5.26 Å². The normalized spacial score (nSPS) is 18.0. The molecule has 1 aliphatic rings. The third kappa shape index (κ3) is 4.76. The van der Waals surface area contributed by atoms with Gasteiger partial charge in [-0.15, -0.1) is 0 Å². The summed E-state index contributed by atoms with van der Waals surface area (Å²) in [6, 6.07) is 1.65. The summed E-state index contributed by atoms with van der Waals surface area (Å²) in [5.41, 5.74) is -0.0318. The van der Waals surface area contributed by atoms with Crippen LogP contribution in [0, 0.1) is 17.2 Å². The first kappa shape index (κ1) is 17.0. The monoisotopic (exact) mass is 295 g/mol. The number of hydrogen-bond acceptors (Lipinski definition) is 5. The molecule has 21 heavy (non-hydrogen) atoms. The number of aliphatic carboxylic acids is 1. The van der Waals surface area contributed by atoms with Gasteiger partial charge in [0.15, 0.2) is 0 Å². The molecule has 1 fully saturated rings. The molecule has 1 saturated heterocycles. The lowest BCUT2D eigenvalue weighted by molar-refractivity contribution is -0.145. The average Bonchev–Trinajstić information content (AvgIpc) is 2.51. The Balaban J connectivity index is 2.62. The van der Waals surface area contributed by atoms with Crippen molar-refractivity contribution in [2.45, 2.75) is 32.2 Å². The van der Waals surface area contributed by atoms with E-state index in [1.54, 1.807) is 0 Å². The predicted molar refractivity (Wildman–Crippen MR) is 74.9 cm³/mol. The first-order valence-electron chi connectivity index (χ1n) is 7.02. The van der Waals surface area contributed by atoms with E-state index >= 15 is 0 Å². The summed E-state index contributed by atoms with van der Waals surface area (Å²) in [4.78, 5) is 24.5. The Hall–Kier alpha value is -2.07. The zero-order valence-corrected chi connectivity index (χ0v) is 12.1. The molecule has 1 rings (SSSR count). The molecule has 1 heterocycles. The Morgan fingerprint density at radius 3 is 2.52 bits per heavy atom. The van der Waals surface area contributed by atoms with Crippen molar-refractivity contribution in [3.8, 4) is 6.07 Å². The van der Waals surface area contributed by atoms with Gasteiger partial charge in [-0.25, -0.2) is 0 Å². The van der Waals surface area contributed by atoms with E-state index in [1.165, 1.54) is 11.1 Å². The van der Waals surface area contributed by atoms with E-state index in [0.29, 0.717) is 32.4 Å². The van der Waals surface area contributed by atoms with Crippen molar-refractivity contribution in [2.75, 3.05) is 19.7 Å². The molecule has 0 aliphatic carbocycles. The minimum Gasteiger partial charge on any atom is -0.481 e. The maximum absolute atomic E-state index is 12.2. The zero-order chi connectivity index (χ0) is 15.8. The summed E-state index contributed by atoms with van der Waals surface area (Å²) in [5.74, 6) is -1.66. The number of carboxylic acid groups (broad SMARTS) is 1. The number of carboxylic acids is 1. The van der Waals surface area contributed by atoms with Crippen molar-refractivity contribution < 1.29 is 19.8 Å². The summed E-state index contributed by atoms with van der Waals surface area (Å²) in [6.07, 6.45) is 2.81. The highest BCUT2D eigenvalue weighted by Gasteiger charge is 2.28. The van der Waals surface area contributed by atoms with Crippen LogP contribution >= 0.6 is 0 Å². The highest BCUT2D eigenvalue weighted by molar-refractivity contribution is 5.97. The van der Waals surface area contributed by atoms with Crippen molar-refractivity contribution in [1.29, 1.82) is 5.26 Å². The van der Waals surface area contributed by atoms with Crippen LogP contribution in [0.1, 0.15) is 26.2 Å². The number of rotatable bonds is 6. The van der Waals surface area contributed by atoms with E-state index in [1.807, 2.05) is 13.0 Å². The number of aliphatic hydroxyl groups excluding tert-OH is 1. The first-order valence-corrected chi connectivity index (χ1v) is 7.02. The summed E-state index contributed by atoms with van der Waals surface area (Å²) in [5, 5.41) is 29.9. The smallest absolute Gasteiger partial charge is 0.306 e. The van der Waals surface area contributed by atoms with Crippen LogP contribution < -0.4 is 5.32 Å². The van der Waals surface area contributed by atoms with Gasteiger partial charge in [-0.3, -0.25) is 9.59 Å². The maximum atomic E-state index is 12.2. The van der Waals surface area contributed by atoms with Crippen LogP contribution in [0.25, 0.3) is 0 Å². The third-order valence-electron chi connectivity index (χ3n) is 3.66. The summed E-state index contributed by atoms with van der Waals surface area (Å²) >= 11 is 0. The van der Waals surface area contributed by atoms with E-state index in [9.17, 15) is 9.59 Å². The first-order chi connectivity index (χ1) is 10.0. The van der Waals surface area contributed by atoms with Gasteiger partial charge in [0, 0.05) is 25.3 Å². The number of aliphatic hydroxyl groups is 1. The minimum atomic E-state index is -0.839. The number of amides is 1. The van der Waals surface area contributed by atoms with E-state index in [4.69, 9.17) is 15.5 Å². The molecule has 0 saturated carbocycles. The molecule has 116 valence electrons. The second-order valence-corrected chi connectivity index (χ2v) is 5.03. The van der Waals surface area contributed by atoms with Gasteiger partial charge in [-0.1, -0.05) is 6.92 Å². The van der Waals surface area contributed by atoms with Crippen LogP contribution in [0.15, 0.2) is 11.8 Å². The van der Waals surface area contributed by atoms with Gasteiger partial charge >= 0.3 is 5.97 Å². The van der Waals surface area contributed by atoms with E-state index in [-0.39, 0.29) is 18.2 Å². The van der Waals surface area contributed by atoms with Gasteiger partial charge in [0.2, 0.25) is 0 Å². The molecule has 1 atom stereocenters. The lowest BCUT2D eigenvalue weighted by atomic mass is 9.97. The van der Waals surface area contributed by atoms with Gasteiger partial charge in [0.1, 0.15) is 11.6 Å². The largest absolute Gasteiger partial charge is 0.481 e. The summed E-state index contributed by atoms with van der Waals surface area (Å²) in [7, 11) is 0. The standard InChI is InChI=1S/C14H21N3O4/c1-2-12(9-18)16-8-11(7-15)13(19)17-5-3-10(4-6-17)14(20)21/h8,10,12,16,18H,2-6,9H2,1H3,(H,20,21)/b11-8-. The van der Waals surface area contributed by atoms with Crippen LogP contribution in [0.4, 0.5) is 0 Å². The number of hydrogen-bond donors (Lipinski definition) is 3. The average molecular weight is 295 g/mol. The molecule has 0 aromatic carbocycles. The molecule has 0 spiro atoms. The topological polar surface area (TPSA) is 114 Å². The zero-order valence-electron chi connectivity index (χ0n) is 12.1. The second-order valence-electron chi connectivity index (χ2n) is 5.03. The lowest BCUT2D eigenvalue weighted by Crippen LogP contribution is -2.41. The highest BCUT2D eigenvalue weighted by Crippen LogP contribution is 2.18. The number of nitrogens with one attached hydrogen (secondary N) is 1. The van der Waals surface area contributed by atoms with E-state index < -0.39 is 17.8 Å². The van der Waals surface area contributed by atoms with Gasteiger partial charge in [0.25, 0.3) is 5.91 Å². The second kappa shape index (κ2) is 8.27. The molecule has 0 aromatic rings. The molecule has 7 nitrogen and oxygen atoms in total. The summed E-state index contributed by atoms with van der Waals surface area (Å²) < 4.78 is 0. The van der Waals surface area contributed by atoms with Crippen LogP contribution in [-0.2, 0) is 9.59 Å². The van der Waals surface area contributed by atoms with E-state index in [0.717, 1.165) is 0 Å². The SMILES string of the molecule is CCC(CO)N/C=C(/C#N)C(=O)N1CCC(C(=O)O)CC1. The number of carbonyl (C=O) groups excluding carboxylic acids is 1. The van der Waals surface area contributed by atoms with Gasteiger partial charge < -0.3 is 20.4 Å². The third-order valence-corrected chi connectivity index (χ3v) is 3.66. The van der Waals surface area contributed by atoms with Crippen LogP contribution in [0.5, 0.6) is 0 Å². The van der Waals surface area contributed by atoms with Crippen molar-refractivity contribution in [3.05, 3.63) is 11.8 Å². The quantitative estimate of drug-likeness (QED) is 0.472. The van der Waals surface area contributed by atoms with Crippen LogP contribution in [0.3, 0.4) is 0 Å². The van der Waals surface area contributed by atoms with Crippen molar-refractivity contribution >= 4 is 11.9 Å². The molecule has 1 aliphatic heterocycles. The van der Waals surface area contributed by atoms with Crippen molar-refractivity contribution in [3.63, 3.8) is 0 Å². The number of nitrogens with zero attached hydrogens (tertiary/aromatic N) is 2. The van der Waals surface area contributed by atoms with Gasteiger partial charge in [-0.05, 0) is 19.3 Å². The molecule has 1 unspecified atom stereocenters. The predicted octanol–water partition coefficient (Wildman–Crippen LogP) is 0.0776. The Bertz CT molecular complexity index is 444. The molecular formula is C14H21N3O4. The molecule has 0 aromatic heterocycles. The molecule has 3 N–H and O–H groups in total. The Labute approximate surface area is 123 Å². The Kier molecular flexibility index (Phi) is 6.69. The highest BCUT2D eigenvalue weighted by atomic mass is 16.4. The number of piperidine rings is 1. The fourth-order valence-corrected chi connectivity index (χ4v) is 2.14. The fourth-order valence-electron chi connectivity index (χ4n) is 2.14.